The largest absolute Gasteiger partial charge is 0.481 e. The van der Waals surface area contributed by atoms with Gasteiger partial charge in [-0.05, 0) is 30.9 Å². The summed E-state index contributed by atoms with van der Waals surface area (Å²) in [5, 5.41) is 10.2. The molecule has 0 spiro atoms. The first-order chi connectivity index (χ1) is 9.15. The van der Waals surface area contributed by atoms with E-state index in [0.717, 1.165) is 22.7 Å². The number of carboxylic acid groups (broad SMARTS) is 1. The Labute approximate surface area is 119 Å². The Hall–Kier alpha value is -1.20. The van der Waals surface area contributed by atoms with E-state index in [1.54, 1.807) is 0 Å². The number of hydrogen-bond acceptors (Lipinski definition) is 3. The number of nitrogens with zero attached hydrogens (tertiary/aromatic N) is 2. The molecule has 3 rings (SSSR count). The Kier molecular flexibility index (Phi) is 3.41. The summed E-state index contributed by atoms with van der Waals surface area (Å²) in [6, 6.07) is 5.70. The van der Waals surface area contributed by atoms with Crippen LogP contribution in [0.25, 0.3) is 11.0 Å². The van der Waals surface area contributed by atoms with Crippen LogP contribution in [0, 0.1) is 5.92 Å². The van der Waals surface area contributed by atoms with Gasteiger partial charge in [0.1, 0.15) is 5.52 Å². The number of carboxylic acids is 1. The van der Waals surface area contributed by atoms with Gasteiger partial charge in [0, 0.05) is 6.54 Å². The fourth-order valence-electron chi connectivity index (χ4n) is 2.06. The van der Waals surface area contributed by atoms with Gasteiger partial charge in [-0.15, -0.1) is 0 Å². The minimum absolute atomic E-state index is 0.0195. The Morgan fingerprint density at radius 2 is 2.32 bits per heavy atom. The highest BCUT2D eigenvalue weighted by atomic mass is 35.5. The quantitative estimate of drug-likeness (QED) is 0.860. The third-order valence-corrected chi connectivity index (χ3v) is 4.42. The third-order valence-electron chi connectivity index (χ3n) is 3.16. The maximum Gasteiger partial charge on any atom is 0.313 e. The van der Waals surface area contributed by atoms with Gasteiger partial charge < -0.3 is 9.67 Å². The zero-order chi connectivity index (χ0) is 13.4. The molecule has 1 aliphatic carbocycles. The fraction of sp³-hybridized carbons (Fsp3) is 0.385. The second-order valence-electron chi connectivity index (χ2n) is 4.74. The van der Waals surface area contributed by atoms with E-state index >= 15 is 0 Å². The summed E-state index contributed by atoms with van der Waals surface area (Å²) >= 11 is 7.41. The molecule has 2 aromatic rings. The van der Waals surface area contributed by atoms with Crippen molar-refractivity contribution in [3.63, 3.8) is 0 Å². The molecule has 0 unspecified atom stereocenters. The number of rotatable bonds is 5. The van der Waals surface area contributed by atoms with Gasteiger partial charge >= 0.3 is 5.97 Å². The van der Waals surface area contributed by atoms with Crippen LogP contribution in [0.1, 0.15) is 12.8 Å². The number of benzene rings is 1. The molecular formula is C13H13ClN2O2S. The molecule has 1 aliphatic rings. The fourth-order valence-corrected chi connectivity index (χ4v) is 3.01. The van der Waals surface area contributed by atoms with Gasteiger partial charge in [-0.3, -0.25) is 4.79 Å². The Morgan fingerprint density at radius 3 is 3.00 bits per heavy atom. The zero-order valence-electron chi connectivity index (χ0n) is 10.2. The Bertz CT molecular complexity index is 637. The van der Waals surface area contributed by atoms with Gasteiger partial charge in [0.2, 0.25) is 0 Å². The highest BCUT2D eigenvalue weighted by Gasteiger charge is 2.25. The number of aromatic nitrogens is 2. The molecule has 100 valence electrons. The summed E-state index contributed by atoms with van der Waals surface area (Å²) in [6.07, 6.45) is 2.48. The SMILES string of the molecule is O=C(O)CSc1nc2c(Cl)cccc2n1CC1CC1. The molecule has 0 amide bonds. The van der Waals surface area contributed by atoms with Crippen molar-refractivity contribution in [2.24, 2.45) is 5.92 Å². The van der Waals surface area contributed by atoms with Crippen LogP contribution in [0.4, 0.5) is 0 Å². The van der Waals surface area contributed by atoms with Crippen LogP contribution in [0.2, 0.25) is 5.02 Å². The van der Waals surface area contributed by atoms with Crippen LogP contribution in [-0.4, -0.2) is 26.4 Å². The van der Waals surface area contributed by atoms with Crippen LogP contribution in [0.15, 0.2) is 23.4 Å². The van der Waals surface area contributed by atoms with Crippen LogP contribution >= 0.6 is 23.4 Å². The van der Waals surface area contributed by atoms with Crippen LogP contribution in [-0.2, 0) is 11.3 Å². The highest BCUT2D eigenvalue weighted by molar-refractivity contribution is 7.99. The number of fused-ring (bicyclic) bond motifs is 1. The number of para-hydroxylation sites is 1. The molecule has 0 atom stereocenters. The van der Waals surface area contributed by atoms with Crippen molar-refractivity contribution in [3.05, 3.63) is 23.2 Å². The van der Waals surface area contributed by atoms with E-state index in [9.17, 15) is 4.79 Å². The molecule has 1 saturated carbocycles. The molecule has 0 bridgehead atoms. The summed E-state index contributed by atoms with van der Waals surface area (Å²) in [5.41, 5.74) is 1.75. The summed E-state index contributed by atoms with van der Waals surface area (Å²) in [7, 11) is 0. The number of hydrogen-bond donors (Lipinski definition) is 1. The van der Waals surface area contributed by atoms with Gasteiger partial charge in [-0.25, -0.2) is 4.98 Å². The van der Waals surface area contributed by atoms with Gasteiger partial charge in [0.25, 0.3) is 0 Å². The van der Waals surface area contributed by atoms with Crippen molar-refractivity contribution in [1.82, 2.24) is 9.55 Å². The van der Waals surface area contributed by atoms with E-state index in [2.05, 4.69) is 9.55 Å². The van der Waals surface area contributed by atoms with Gasteiger partial charge in [0.05, 0.1) is 16.3 Å². The summed E-state index contributed by atoms with van der Waals surface area (Å²) in [5.74, 6) is -0.118. The monoisotopic (exact) mass is 296 g/mol. The molecule has 1 aromatic carbocycles. The molecule has 1 fully saturated rings. The van der Waals surface area contributed by atoms with E-state index < -0.39 is 5.97 Å². The first-order valence-corrected chi connectivity index (χ1v) is 7.51. The van der Waals surface area contributed by atoms with E-state index in [1.807, 2.05) is 18.2 Å². The van der Waals surface area contributed by atoms with Crippen molar-refractivity contribution in [3.8, 4) is 0 Å². The zero-order valence-corrected chi connectivity index (χ0v) is 11.7. The number of halogens is 1. The van der Waals surface area contributed by atoms with E-state index in [-0.39, 0.29) is 5.75 Å². The average molecular weight is 297 g/mol. The number of carbonyl (C=O) groups is 1. The van der Waals surface area contributed by atoms with Crippen LogP contribution < -0.4 is 0 Å². The number of thioether (sulfide) groups is 1. The standard InChI is InChI=1S/C13H13ClN2O2S/c14-9-2-1-3-10-12(9)15-13(19-7-11(17)18)16(10)6-8-4-5-8/h1-3,8H,4-7H2,(H,17,18). The number of imidazole rings is 1. The highest BCUT2D eigenvalue weighted by Crippen LogP contribution is 2.35. The van der Waals surface area contributed by atoms with E-state index in [0.29, 0.717) is 10.9 Å². The lowest BCUT2D eigenvalue weighted by Gasteiger charge is -2.06. The van der Waals surface area contributed by atoms with Crippen molar-refractivity contribution < 1.29 is 9.90 Å². The van der Waals surface area contributed by atoms with Gasteiger partial charge in [0.15, 0.2) is 5.16 Å². The lowest BCUT2D eigenvalue weighted by molar-refractivity contribution is -0.133. The lowest BCUT2D eigenvalue weighted by Crippen LogP contribution is -2.04. The smallest absolute Gasteiger partial charge is 0.313 e. The molecule has 0 saturated heterocycles. The summed E-state index contributed by atoms with van der Waals surface area (Å²) in [6.45, 7) is 0.902. The van der Waals surface area contributed by atoms with Gasteiger partial charge in [-0.1, -0.05) is 29.4 Å². The Balaban J connectivity index is 2.01. The summed E-state index contributed by atoms with van der Waals surface area (Å²) < 4.78 is 2.10. The minimum atomic E-state index is -0.832. The first kappa shape index (κ1) is 12.8. The molecular weight excluding hydrogens is 284 g/mol. The topological polar surface area (TPSA) is 55.1 Å². The molecule has 4 nitrogen and oxygen atoms in total. The van der Waals surface area contributed by atoms with Crippen molar-refractivity contribution >= 4 is 40.4 Å². The van der Waals surface area contributed by atoms with Crippen molar-refractivity contribution in [1.29, 1.82) is 0 Å². The molecule has 0 aliphatic heterocycles. The molecule has 6 heteroatoms. The first-order valence-electron chi connectivity index (χ1n) is 6.14. The van der Waals surface area contributed by atoms with Crippen LogP contribution in [0.5, 0.6) is 0 Å². The third kappa shape index (κ3) is 2.72. The predicted octanol–water partition coefficient (Wildman–Crippen LogP) is 3.28. The predicted molar refractivity (Wildman–Crippen MR) is 75.8 cm³/mol. The second-order valence-corrected chi connectivity index (χ2v) is 6.09. The Morgan fingerprint density at radius 1 is 1.53 bits per heavy atom. The van der Waals surface area contributed by atoms with Gasteiger partial charge in [-0.2, -0.15) is 0 Å². The normalized spacial score (nSPS) is 15.0. The minimum Gasteiger partial charge on any atom is -0.481 e. The van der Waals surface area contributed by atoms with E-state index in [1.165, 1.54) is 24.6 Å². The molecule has 1 heterocycles. The maximum absolute atomic E-state index is 10.7. The molecule has 19 heavy (non-hydrogen) atoms. The number of aliphatic carboxylic acids is 1. The van der Waals surface area contributed by atoms with Crippen molar-refractivity contribution in [2.45, 2.75) is 24.5 Å². The average Bonchev–Trinajstić information content (AvgIpc) is 3.10. The van der Waals surface area contributed by atoms with Crippen molar-refractivity contribution in [2.75, 3.05) is 5.75 Å². The lowest BCUT2D eigenvalue weighted by atomic mass is 10.3. The second kappa shape index (κ2) is 5.06. The van der Waals surface area contributed by atoms with Crippen LogP contribution in [0.3, 0.4) is 0 Å². The molecule has 1 N–H and O–H groups in total. The van der Waals surface area contributed by atoms with E-state index in [4.69, 9.17) is 16.7 Å². The summed E-state index contributed by atoms with van der Waals surface area (Å²) in [4.78, 5) is 15.2. The molecule has 1 aromatic heterocycles. The molecule has 0 radical (unpaired) electrons. The maximum atomic E-state index is 10.7.